The Morgan fingerprint density at radius 3 is 2.10 bits per heavy atom. The second-order valence-corrected chi connectivity index (χ2v) is 8.18. The van der Waals surface area contributed by atoms with E-state index in [-0.39, 0.29) is 11.8 Å². The summed E-state index contributed by atoms with van der Waals surface area (Å²) in [6.45, 7) is 3.26. The highest BCUT2D eigenvalue weighted by atomic mass is 32.2. The predicted molar refractivity (Wildman–Crippen MR) is 76.1 cm³/mol. The lowest BCUT2D eigenvalue weighted by atomic mass is 9.95. The fourth-order valence-corrected chi connectivity index (χ4v) is 3.64. The second-order valence-electron chi connectivity index (χ2n) is 6.04. The van der Waals surface area contributed by atoms with Gasteiger partial charge in [-0.2, -0.15) is 17.0 Å². The number of piperazine rings is 1. The minimum atomic E-state index is -3.39. The summed E-state index contributed by atoms with van der Waals surface area (Å²) in [6, 6.07) is 0. The van der Waals surface area contributed by atoms with Crippen LogP contribution >= 0.6 is 0 Å². The van der Waals surface area contributed by atoms with E-state index < -0.39 is 15.7 Å². The third kappa shape index (κ3) is 2.83. The normalized spacial score (nSPS) is 24.8. The zero-order chi connectivity index (χ0) is 15.1. The molecule has 1 saturated carbocycles. The smallest absolute Gasteiger partial charge is 0.281 e. The Morgan fingerprint density at radius 2 is 1.70 bits per heavy atom. The average Bonchev–Trinajstić information content (AvgIpc) is 3.22. The molecule has 7 nitrogen and oxygen atoms in total. The van der Waals surface area contributed by atoms with E-state index in [1.165, 1.54) is 22.7 Å². The third-order valence-corrected chi connectivity index (χ3v) is 6.14. The molecule has 0 aromatic heterocycles. The van der Waals surface area contributed by atoms with Crippen LogP contribution in [0.1, 0.15) is 19.8 Å². The zero-order valence-electron chi connectivity index (χ0n) is 12.4. The average molecular weight is 304 g/mol. The molecule has 2 fully saturated rings. The molecule has 1 saturated heterocycles. The summed E-state index contributed by atoms with van der Waals surface area (Å²) in [4.78, 5) is 14.1. The van der Waals surface area contributed by atoms with Gasteiger partial charge in [0.2, 0.25) is 5.91 Å². The number of carbonyl (C=O) groups is 1. The van der Waals surface area contributed by atoms with Crippen LogP contribution in [0.25, 0.3) is 0 Å². The third-order valence-electron chi connectivity index (χ3n) is 4.20. The number of nitrogens with zero attached hydrogens (tertiary/aromatic N) is 3. The Hall–Kier alpha value is -0.700. The van der Waals surface area contributed by atoms with Crippen LogP contribution in [-0.2, 0) is 15.0 Å². The number of hydrogen-bond acceptors (Lipinski definition) is 4. The van der Waals surface area contributed by atoms with Crippen molar-refractivity contribution in [3.05, 3.63) is 0 Å². The molecule has 0 aromatic carbocycles. The molecule has 1 aliphatic carbocycles. The lowest BCUT2D eigenvalue weighted by Gasteiger charge is -2.38. The van der Waals surface area contributed by atoms with Crippen molar-refractivity contribution < 1.29 is 13.2 Å². The molecule has 1 unspecified atom stereocenters. The van der Waals surface area contributed by atoms with E-state index >= 15 is 0 Å². The predicted octanol–water partition coefficient (Wildman–Crippen LogP) is -0.936. The van der Waals surface area contributed by atoms with Crippen LogP contribution in [0.4, 0.5) is 0 Å². The van der Waals surface area contributed by atoms with Gasteiger partial charge < -0.3 is 10.6 Å². The molecule has 0 bridgehead atoms. The van der Waals surface area contributed by atoms with Gasteiger partial charge in [-0.15, -0.1) is 0 Å². The quantitative estimate of drug-likeness (QED) is 0.726. The van der Waals surface area contributed by atoms with Crippen molar-refractivity contribution in [3.63, 3.8) is 0 Å². The molecule has 1 heterocycles. The molecule has 2 aliphatic rings. The first-order valence-electron chi connectivity index (χ1n) is 6.93. The van der Waals surface area contributed by atoms with Crippen molar-refractivity contribution >= 4 is 16.1 Å². The molecule has 0 spiro atoms. The van der Waals surface area contributed by atoms with Crippen molar-refractivity contribution in [3.8, 4) is 0 Å². The number of hydrogen-bond donors (Lipinski definition) is 1. The van der Waals surface area contributed by atoms with Crippen molar-refractivity contribution in [1.29, 1.82) is 0 Å². The van der Waals surface area contributed by atoms with Crippen molar-refractivity contribution in [2.45, 2.75) is 25.3 Å². The van der Waals surface area contributed by atoms with Gasteiger partial charge in [0.15, 0.2) is 0 Å². The number of rotatable bonds is 4. The van der Waals surface area contributed by atoms with E-state index in [9.17, 15) is 13.2 Å². The molecule has 2 rings (SSSR count). The molecule has 116 valence electrons. The zero-order valence-corrected chi connectivity index (χ0v) is 13.2. The summed E-state index contributed by atoms with van der Waals surface area (Å²) in [5.41, 5.74) is 5.33. The molecule has 2 N–H and O–H groups in total. The van der Waals surface area contributed by atoms with Crippen LogP contribution in [0, 0.1) is 5.92 Å². The largest absolute Gasteiger partial charge is 0.338 e. The summed E-state index contributed by atoms with van der Waals surface area (Å²) >= 11 is 0. The van der Waals surface area contributed by atoms with E-state index in [1.807, 2.05) is 0 Å². The van der Waals surface area contributed by atoms with E-state index in [0.717, 1.165) is 12.8 Å². The van der Waals surface area contributed by atoms with E-state index in [0.29, 0.717) is 26.2 Å². The molecule has 20 heavy (non-hydrogen) atoms. The van der Waals surface area contributed by atoms with Crippen LogP contribution in [0.15, 0.2) is 0 Å². The first-order valence-corrected chi connectivity index (χ1v) is 8.33. The van der Waals surface area contributed by atoms with Crippen LogP contribution in [0.2, 0.25) is 0 Å². The summed E-state index contributed by atoms with van der Waals surface area (Å²) in [5, 5.41) is 0. The fraction of sp³-hybridized carbons (Fsp3) is 0.917. The van der Waals surface area contributed by atoms with Gasteiger partial charge in [0.25, 0.3) is 10.2 Å². The molecular weight excluding hydrogens is 280 g/mol. The Labute approximate surface area is 120 Å². The Kier molecular flexibility index (Phi) is 4.12. The van der Waals surface area contributed by atoms with Gasteiger partial charge in [-0.25, -0.2) is 0 Å². The Morgan fingerprint density at radius 1 is 1.20 bits per heavy atom. The molecular formula is C12H24N4O3S. The maximum atomic E-state index is 12.4. The monoisotopic (exact) mass is 304 g/mol. The molecule has 8 heteroatoms. The van der Waals surface area contributed by atoms with Crippen LogP contribution in [0.3, 0.4) is 0 Å². The summed E-state index contributed by atoms with van der Waals surface area (Å²) < 4.78 is 26.6. The lowest BCUT2D eigenvalue weighted by Crippen LogP contribution is -2.60. The van der Waals surface area contributed by atoms with Crippen molar-refractivity contribution in [2.75, 3.05) is 40.3 Å². The van der Waals surface area contributed by atoms with Crippen molar-refractivity contribution in [1.82, 2.24) is 13.5 Å². The Balaban J connectivity index is 1.96. The van der Waals surface area contributed by atoms with Gasteiger partial charge in [0.05, 0.1) is 5.54 Å². The van der Waals surface area contributed by atoms with Gasteiger partial charge in [0.1, 0.15) is 0 Å². The molecule has 1 atom stereocenters. The highest BCUT2D eigenvalue weighted by molar-refractivity contribution is 7.86. The minimum Gasteiger partial charge on any atom is -0.338 e. The molecule has 1 amide bonds. The highest BCUT2D eigenvalue weighted by Crippen LogP contribution is 2.39. The van der Waals surface area contributed by atoms with Crippen LogP contribution in [-0.4, -0.2) is 73.6 Å². The van der Waals surface area contributed by atoms with Gasteiger partial charge in [-0.05, 0) is 25.7 Å². The molecule has 1 aliphatic heterocycles. The SMILES string of the molecule is CN(C)S(=O)(=O)N1CCN(C(=O)C(C)(N)C2CC2)CC1. The number of nitrogens with two attached hydrogens (primary N) is 1. The van der Waals surface area contributed by atoms with Crippen LogP contribution < -0.4 is 5.73 Å². The van der Waals surface area contributed by atoms with Crippen LogP contribution in [0.5, 0.6) is 0 Å². The van der Waals surface area contributed by atoms with Gasteiger partial charge in [0, 0.05) is 40.3 Å². The first kappa shape index (κ1) is 15.7. The summed E-state index contributed by atoms with van der Waals surface area (Å²) in [7, 11) is -0.369. The topological polar surface area (TPSA) is 87.0 Å². The minimum absolute atomic E-state index is 0.0538. The molecule has 0 radical (unpaired) electrons. The maximum Gasteiger partial charge on any atom is 0.281 e. The highest BCUT2D eigenvalue weighted by Gasteiger charge is 2.46. The second kappa shape index (κ2) is 5.25. The van der Waals surface area contributed by atoms with E-state index in [2.05, 4.69) is 0 Å². The summed E-state index contributed by atoms with van der Waals surface area (Å²) in [6.07, 6.45) is 2.02. The van der Waals surface area contributed by atoms with Gasteiger partial charge in [-0.3, -0.25) is 4.79 Å². The van der Waals surface area contributed by atoms with Crippen molar-refractivity contribution in [2.24, 2.45) is 11.7 Å². The fourth-order valence-electron chi connectivity index (χ4n) is 2.55. The van der Waals surface area contributed by atoms with Gasteiger partial charge >= 0.3 is 0 Å². The van der Waals surface area contributed by atoms with E-state index in [4.69, 9.17) is 5.73 Å². The molecule has 0 aromatic rings. The number of amides is 1. The lowest BCUT2D eigenvalue weighted by molar-refractivity contribution is -0.138. The van der Waals surface area contributed by atoms with Gasteiger partial charge in [-0.1, -0.05) is 0 Å². The Bertz CT molecular complexity index is 477. The van der Waals surface area contributed by atoms with E-state index in [1.54, 1.807) is 11.8 Å². The standard InChI is InChI=1S/C12H24N4O3S/c1-12(13,10-4-5-10)11(17)15-6-8-16(9-7-15)20(18,19)14(2)3/h10H,4-9,13H2,1-3H3. The summed E-state index contributed by atoms with van der Waals surface area (Å²) in [5.74, 6) is 0.223. The number of carbonyl (C=O) groups excluding carboxylic acids is 1. The first-order chi connectivity index (χ1) is 9.17. The maximum absolute atomic E-state index is 12.4.